The van der Waals surface area contributed by atoms with Crippen LogP contribution in [0.4, 0.5) is 0 Å². The molecule has 2 aromatic rings. The van der Waals surface area contributed by atoms with Crippen LogP contribution in [0.2, 0.25) is 0 Å². The van der Waals surface area contributed by atoms with Crippen LogP contribution in [-0.4, -0.2) is 5.78 Å². The van der Waals surface area contributed by atoms with Gasteiger partial charge in [-0.1, -0.05) is 27.7 Å². The van der Waals surface area contributed by atoms with Crippen LogP contribution in [0, 0.1) is 17.3 Å². The summed E-state index contributed by atoms with van der Waals surface area (Å²) in [6.07, 6.45) is 7.79. The predicted octanol–water partition coefficient (Wildman–Crippen LogP) is 5.61. The first-order chi connectivity index (χ1) is 11.4. The largest absolute Gasteiger partial charge is 0.465 e. The first-order valence-electron chi connectivity index (χ1n) is 8.40. The number of furan rings is 2. The van der Waals surface area contributed by atoms with Crippen molar-refractivity contribution in [1.82, 2.24) is 0 Å². The van der Waals surface area contributed by atoms with Crippen LogP contribution in [0.15, 0.2) is 56.8 Å². The Balaban J connectivity index is 2.05. The zero-order valence-electron chi connectivity index (χ0n) is 14.7. The highest BCUT2D eigenvalue weighted by molar-refractivity contribution is 6.14. The van der Waals surface area contributed by atoms with E-state index in [4.69, 9.17) is 8.83 Å². The standard InChI is InChI=1S/C21H24O3/c1-14-18(13-17-8-6-10-24-17)20(22)15(11-16-7-5-9-23-16)12-19(14)21(2,3)4/h5-11,13-14,19H,12H2,1-4H3/b15-11+,18-13+. The van der Waals surface area contributed by atoms with Crippen LogP contribution in [0.25, 0.3) is 12.2 Å². The number of hydrogen-bond acceptors (Lipinski definition) is 3. The van der Waals surface area contributed by atoms with Crippen LogP contribution in [-0.2, 0) is 4.79 Å². The first-order valence-corrected chi connectivity index (χ1v) is 8.40. The van der Waals surface area contributed by atoms with Crippen molar-refractivity contribution in [2.45, 2.75) is 34.1 Å². The first kappa shape index (κ1) is 16.6. The van der Waals surface area contributed by atoms with E-state index >= 15 is 0 Å². The third-order valence-electron chi connectivity index (χ3n) is 4.90. The Labute approximate surface area is 143 Å². The summed E-state index contributed by atoms with van der Waals surface area (Å²) in [5.74, 6) is 2.08. The van der Waals surface area contributed by atoms with Gasteiger partial charge in [0.15, 0.2) is 5.78 Å². The molecule has 0 spiro atoms. The van der Waals surface area contributed by atoms with Gasteiger partial charge in [-0.15, -0.1) is 0 Å². The van der Waals surface area contributed by atoms with E-state index < -0.39 is 0 Å². The lowest BCUT2D eigenvalue weighted by Gasteiger charge is -2.40. The zero-order chi connectivity index (χ0) is 17.3. The molecule has 2 aromatic heterocycles. The summed E-state index contributed by atoms with van der Waals surface area (Å²) in [5.41, 5.74) is 1.72. The van der Waals surface area contributed by atoms with Crippen LogP contribution < -0.4 is 0 Å². The number of Topliss-reactive ketones (excluding diaryl/α,β-unsaturated/α-hetero) is 1. The van der Waals surface area contributed by atoms with Gasteiger partial charge in [-0.2, -0.15) is 0 Å². The lowest BCUT2D eigenvalue weighted by molar-refractivity contribution is -0.114. The van der Waals surface area contributed by atoms with Crippen molar-refractivity contribution < 1.29 is 13.6 Å². The maximum absolute atomic E-state index is 13.0. The summed E-state index contributed by atoms with van der Waals surface area (Å²) < 4.78 is 10.8. The summed E-state index contributed by atoms with van der Waals surface area (Å²) in [6.45, 7) is 8.85. The van der Waals surface area contributed by atoms with Gasteiger partial charge in [-0.3, -0.25) is 4.79 Å². The fourth-order valence-corrected chi connectivity index (χ4v) is 3.56. The van der Waals surface area contributed by atoms with Gasteiger partial charge >= 0.3 is 0 Å². The molecule has 0 aliphatic heterocycles. The lowest BCUT2D eigenvalue weighted by atomic mass is 9.63. The summed E-state index contributed by atoms with van der Waals surface area (Å²) in [4.78, 5) is 13.0. The molecule has 0 radical (unpaired) electrons. The molecule has 0 N–H and O–H groups in total. The van der Waals surface area contributed by atoms with E-state index in [1.807, 2.05) is 36.4 Å². The molecular weight excluding hydrogens is 300 g/mol. The Morgan fingerprint density at radius 3 is 2.12 bits per heavy atom. The molecule has 0 saturated heterocycles. The highest BCUT2D eigenvalue weighted by Crippen LogP contribution is 2.45. The number of carbonyl (C=O) groups excluding carboxylic acids is 1. The average molecular weight is 324 g/mol. The Morgan fingerprint density at radius 1 is 1.04 bits per heavy atom. The fourth-order valence-electron chi connectivity index (χ4n) is 3.56. The molecule has 3 heteroatoms. The minimum atomic E-state index is 0.0933. The molecule has 1 aliphatic rings. The second-order valence-corrected chi connectivity index (χ2v) is 7.59. The molecule has 2 heterocycles. The topological polar surface area (TPSA) is 43.4 Å². The lowest BCUT2D eigenvalue weighted by Crippen LogP contribution is -2.35. The van der Waals surface area contributed by atoms with Crippen molar-refractivity contribution in [3.05, 3.63) is 59.5 Å². The maximum Gasteiger partial charge on any atom is 0.185 e. The van der Waals surface area contributed by atoms with E-state index in [1.165, 1.54) is 0 Å². The maximum atomic E-state index is 13.0. The Bertz CT molecular complexity index is 753. The van der Waals surface area contributed by atoms with Crippen molar-refractivity contribution in [3.8, 4) is 0 Å². The Kier molecular flexibility index (Phi) is 4.35. The van der Waals surface area contributed by atoms with E-state index in [2.05, 4.69) is 27.7 Å². The van der Waals surface area contributed by atoms with E-state index in [9.17, 15) is 4.79 Å². The third kappa shape index (κ3) is 3.30. The number of allylic oxidation sites excluding steroid dienone is 2. The second-order valence-electron chi connectivity index (χ2n) is 7.59. The summed E-state index contributed by atoms with van der Waals surface area (Å²) in [7, 11) is 0. The molecule has 0 amide bonds. The Morgan fingerprint density at radius 2 is 1.62 bits per heavy atom. The van der Waals surface area contributed by atoms with Crippen molar-refractivity contribution in [2.75, 3.05) is 0 Å². The molecular formula is C21H24O3. The number of rotatable bonds is 2. The van der Waals surface area contributed by atoms with Gasteiger partial charge in [0.1, 0.15) is 11.5 Å². The third-order valence-corrected chi connectivity index (χ3v) is 4.90. The van der Waals surface area contributed by atoms with Crippen LogP contribution in [0.5, 0.6) is 0 Å². The van der Waals surface area contributed by atoms with Gasteiger partial charge in [-0.25, -0.2) is 0 Å². The average Bonchev–Trinajstić information content (AvgIpc) is 3.18. The minimum absolute atomic E-state index is 0.0933. The molecule has 3 rings (SSSR count). The zero-order valence-corrected chi connectivity index (χ0v) is 14.7. The number of carbonyl (C=O) groups is 1. The molecule has 2 atom stereocenters. The molecule has 126 valence electrons. The van der Waals surface area contributed by atoms with Crippen molar-refractivity contribution in [1.29, 1.82) is 0 Å². The van der Waals surface area contributed by atoms with Gasteiger partial charge in [-0.05, 0) is 60.1 Å². The molecule has 1 fully saturated rings. The van der Waals surface area contributed by atoms with Crippen LogP contribution in [0.3, 0.4) is 0 Å². The van der Waals surface area contributed by atoms with Gasteiger partial charge in [0, 0.05) is 11.1 Å². The van der Waals surface area contributed by atoms with Gasteiger partial charge in [0.25, 0.3) is 0 Å². The summed E-state index contributed by atoms with van der Waals surface area (Å²) in [6, 6.07) is 7.43. The highest BCUT2D eigenvalue weighted by Gasteiger charge is 2.40. The molecule has 24 heavy (non-hydrogen) atoms. The summed E-state index contributed by atoms with van der Waals surface area (Å²) >= 11 is 0. The van der Waals surface area contributed by atoms with Crippen molar-refractivity contribution in [3.63, 3.8) is 0 Å². The number of hydrogen-bond donors (Lipinski definition) is 0. The van der Waals surface area contributed by atoms with Gasteiger partial charge in [0.05, 0.1) is 12.5 Å². The van der Waals surface area contributed by atoms with Crippen LogP contribution in [0.1, 0.15) is 45.6 Å². The van der Waals surface area contributed by atoms with E-state index in [0.717, 1.165) is 29.1 Å². The van der Waals surface area contributed by atoms with E-state index in [-0.39, 0.29) is 17.1 Å². The Hall–Kier alpha value is -2.29. The smallest absolute Gasteiger partial charge is 0.185 e. The molecule has 0 bridgehead atoms. The molecule has 0 aromatic carbocycles. The fraction of sp³-hybridized carbons (Fsp3) is 0.381. The summed E-state index contributed by atoms with van der Waals surface area (Å²) in [5, 5.41) is 0. The van der Waals surface area contributed by atoms with Crippen molar-refractivity contribution >= 4 is 17.9 Å². The molecule has 1 aliphatic carbocycles. The van der Waals surface area contributed by atoms with Crippen LogP contribution >= 0.6 is 0 Å². The van der Waals surface area contributed by atoms with Gasteiger partial charge in [0.2, 0.25) is 0 Å². The monoisotopic (exact) mass is 324 g/mol. The van der Waals surface area contributed by atoms with E-state index in [0.29, 0.717) is 5.92 Å². The second kappa shape index (κ2) is 6.31. The normalized spacial score (nSPS) is 25.6. The molecule has 1 saturated carbocycles. The number of ketones is 1. The van der Waals surface area contributed by atoms with Crippen molar-refractivity contribution in [2.24, 2.45) is 17.3 Å². The van der Waals surface area contributed by atoms with E-state index in [1.54, 1.807) is 12.5 Å². The predicted molar refractivity (Wildman–Crippen MR) is 95.1 cm³/mol. The molecule has 2 unspecified atom stereocenters. The highest BCUT2D eigenvalue weighted by atomic mass is 16.3. The minimum Gasteiger partial charge on any atom is -0.465 e. The molecule has 3 nitrogen and oxygen atoms in total. The quantitative estimate of drug-likeness (QED) is 0.674. The van der Waals surface area contributed by atoms with Gasteiger partial charge < -0.3 is 8.83 Å². The SMILES string of the molecule is CC1/C(=C\c2ccco2)C(=O)/C(=C/c2ccco2)CC1C(C)(C)C.